The molecule has 2 N–H and O–H groups in total. The van der Waals surface area contributed by atoms with Crippen molar-refractivity contribution in [2.24, 2.45) is 5.73 Å². The number of pyridine rings is 1. The summed E-state index contributed by atoms with van der Waals surface area (Å²) in [4.78, 5) is 3.96. The van der Waals surface area contributed by atoms with Crippen molar-refractivity contribution in [2.45, 2.75) is 12.8 Å². The number of aromatic nitrogens is 1. The van der Waals surface area contributed by atoms with Gasteiger partial charge in [-0.1, -0.05) is 17.7 Å². The first kappa shape index (κ1) is 11.2. The van der Waals surface area contributed by atoms with E-state index < -0.39 is 0 Å². The topological polar surface area (TPSA) is 62.7 Å². The van der Waals surface area contributed by atoms with Gasteiger partial charge in [0.25, 0.3) is 0 Å². The maximum Gasteiger partial charge on any atom is 0.140 e. The van der Waals surface area contributed by atoms with Crippen molar-refractivity contribution >= 4 is 0 Å². The summed E-state index contributed by atoms with van der Waals surface area (Å²) in [6, 6.07) is 5.80. The quantitative estimate of drug-likeness (QED) is 0.836. The zero-order chi connectivity index (χ0) is 12.1. The van der Waals surface area contributed by atoms with E-state index >= 15 is 0 Å². The maximum absolute atomic E-state index is 8.78. The highest BCUT2D eigenvalue weighted by Crippen LogP contribution is 2.15. The molecule has 3 heteroatoms. The molecule has 3 nitrogen and oxygen atoms in total. The Morgan fingerprint density at radius 3 is 3.12 bits per heavy atom. The number of nitriles is 1. The molecule has 17 heavy (non-hydrogen) atoms. The van der Waals surface area contributed by atoms with Crippen molar-refractivity contribution in [1.82, 2.24) is 4.98 Å². The largest absolute Gasteiger partial charge is 0.399 e. The predicted molar refractivity (Wildman–Crippen MR) is 66.8 cm³/mol. The van der Waals surface area contributed by atoms with Crippen molar-refractivity contribution < 1.29 is 0 Å². The van der Waals surface area contributed by atoms with E-state index in [-0.39, 0.29) is 0 Å². The molecule has 1 aromatic heterocycles. The van der Waals surface area contributed by atoms with E-state index in [4.69, 9.17) is 11.0 Å². The third-order valence-electron chi connectivity index (χ3n) is 2.57. The molecule has 0 aliphatic heterocycles. The second-order valence-electron chi connectivity index (χ2n) is 3.94. The Morgan fingerprint density at radius 2 is 2.29 bits per heavy atom. The normalized spacial score (nSPS) is 14.5. The molecule has 1 heterocycles. The van der Waals surface area contributed by atoms with Crippen LogP contribution < -0.4 is 5.73 Å². The summed E-state index contributed by atoms with van der Waals surface area (Å²) in [6.07, 6.45) is 11.3. The Morgan fingerprint density at radius 1 is 1.41 bits per heavy atom. The van der Waals surface area contributed by atoms with Crippen molar-refractivity contribution in [3.05, 3.63) is 65.2 Å². The smallest absolute Gasteiger partial charge is 0.140 e. The highest BCUT2D eigenvalue weighted by molar-refractivity contribution is 5.33. The van der Waals surface area contributed by atoms with Crippen LogP contribution >= 0.6 is 0 Å². The van der Waals surface area contributed by atoms with E-state index in [1.165, 1.54) is 5.57 Å². The van der Waals surface area contributed by atoms with Crippen LogP contribution in [0.25, 0.3) is 0 Å². The third kappa shape index (κ3) is 3.05. The lowest BCUT2D eigenvalue weighted by atomic mass is 10.0. The summed E-state index contributed by atoms with van der Waals surface area (Å²) in [5, 5.41) is 8.78. The first-order valence-electron chi connectivity index (χ1n) is 5.45. The lowest BCUT2D eigenvalue weighted by Crippen LogP contribution is -1.92. The summed E-state index contributed by atoms with van der Waals surface area (Å²) in [5.74, 6) is 0. The number of nitrogens with zero attached hydrogens (tertiary/aromatic N) is 2. The SMILES string of the molecule is N#Cc1cc(CC2=CC=C(N)C=CC2)ccn1. The lowest BCUT2D eigenvalue weighted by molar-refractivity contribution is 1.06. The van der Waals surface area contributed by atoms with E-state index in [1.54, 1.807) is 6.20 Å². The van der Waals surface area contributed by atoms with Gasteiger partial charge in [-0.3, -0.25) is 0 Å². The highest BCUT2D eigenvalue weighted by Gasteiger charge is 2.02. The predicted octanol–water partition coefficient (Wildman–Crippen LogP) is 2.22. The van der Waals surface area contributed by atoms with Gasteiger partial charge in [0.1, 0.15) is 11.8 Å². The third-order valence-corrected chi connectivity index (χ3v) is 2.57. The van der Waals surface area contributed by atoms with Gasteiger partial charge in [0.05, 0.1) is 0 Å². The van der Waals surface area contributed by atoms with Crippen LogP contribution in [0.3, 0.4) is 0 Å². The van der Waals surface area contributed by atoms with Crippen molar-refractivity contribution in [1.29, 1.82) is 5.26 Å². The Bertz CT molecular complexity index is 545. The highest BCUT2D eigenvalue weighted by atomic mass is 14.7. The number of hydrogen-bond acceptors (Lipinski definition) is 3. The first-order valence-corrected chi connectivity index (χ1v) is 5.45. The van der Waals surface area contributed by atoms with Crippen LogP contribution in [0.2, 0.25) is 0 Å². The fourth-order valence-corrected chi connectivity index (χ4v) is 1.72. The number of allylic oxidation sites excluding steroid dienone is 5. The van der Waals surface area contributed by atoms with Crippen molar-refractivity contribution in [2.75, 3.05) is 0 Å². The van der Waals surface area contributed by atoms with E-state index in [0.29, 0.717) is 5.69 Å². The molecule has 0 fully saturated rings. The summed E-state index contributed by atoms with van der Waals surface area (Å²) in [6.45, 7) is 0. The Labute approximate surface area is 101 Å². The molecule has 1 aliphatic carbocycles. The average molecular weight is 223 g/mol. The van der Waals surface area contributed by atoms with Gasteiger partial charge in [0, 0.05) is 11.9 Å². The molecule has 0 spiro atoms. The molecule has 0 saturated carbocycles. The Balaban J connectivity index is 2.16. The Kier molecular flexibility index (Phi) is 3.37. The molecule has 84 valence electrons. The molecule has 1 aliphatic rings. The zero-order valence-corrected chi connectivity index (χ0v) is 9.43. The molecular formula is C14H13N3. The first-order chi connectivity index (χ1) is 8.28. The fraction of sp³-hybridized carbons (Fsp3) is 0.143. The van der Waals surface area contributed by atoms with Crippen LogP contribution in [0.5, 0.6) is 0 Å². The van der Waals surface area contributed by atoms with Crippen molar-refractivity contribution in [3.63, 3.8) is 0 Å². The molecule has 0 amide bonds. The van der Waals surface area contributed by atoms with E-state index in [9.17, 15) is 0 Å². The standard InChI is InChI=1S/C14H13N3/c15-10-14-9-12(6-7-17-14)8-11-2-1-3-13(16)5-4-11/h1,3-7,9H,2,8,16H2. The van der Waals surface area contributed by atoms with Gasteiger partial charge in [-0.25, -0.2) is 4.98 Å². The second-order valence-corrected chi connectivity index (χ2v) is 3.94. The van der Waals surface area contributed by atoms with Crippen LogP contribution in [0, 0.1) is 11.3 Å². The lowest BCUT2D eigenvalue weighted by Gasteiger charge is -2.03. The van der Waals surface area contributed by atoms with E-state index in [1.807, 2.05) is 36.4 Å². The number of rotatable bonds is 2. The van der Waals surface area contributed by atoms with Crippen LogP contribution in [-0.2, 0) is 6.42 Å². The second kappa shape index (κ2) is 5.13. The van der Waals surface area contributed by atoms with Gasteiger partial charge in [-0.05, 0) is 42.7 Å². The molecular weight excluding hydrogens is 210 g/mol. The fourth-order valence-electron chi connectivity index (χ4n) is 1.72. The van der Waals surface area contributed by atoms with Crippen LogP contribution in [-0.4, -0.2) is 4.98 Å². The summed E-state index contributed by atoms with van der Waals surface area (Å²) in [7, 11) is 0. The zero-order valence-electron chi connectivity index (χ0n) is 9.43. The summed E-state index contributed by atoms with van der Waals surface area (Å²) in [5.41, 5.74) is 9.32. The van der Waals surface area contributed by atoms with Gasteiger partial charge in [-0.2, -0.15) is 5.26 Å². The van der Waals surface area contributed by atoms with Crippen LogP contribution in [0.1, 0.15) is 17.7 Å². The Hall–Kier alpha value is -2.34. The van der Waals surface area contributed by atoms with Gasteiger partial charge < -0.3 is 5.73 Å². The van der Waals surface area contributed by atoms with Crippen molar-refractivity contribution in [3.8, 4) is 6.07 Å². The van der Waals surface area contributed by atoms with Gasteiger partial charge in [0.2, 0.25) is 0 Å². The van der Waals surface area contributed by atoms with E-state index in [0.717, 1.165) is 24.1 Å². The minimum absolute atomic E-state index is 0.460. The number of hydrogen-bond donors (Lipinski definition) is 1. The monoisotopic (exact) mass is 223 g/mol. The van der Waals surface area contributed by atoms with Gasteiger partial charge in [-0.15, -0.1) is 0 Å². The molecule has 0 bridgehead atoms. The molecule has 1 aromatic rings. The van der Waals surface area contributed by atoms with E-state index in [2.05, 4.69) is 11.1 Å². The molecule has 0 saturated heterocycles. The van der Waals surface area contributed by atoms with Gasteiger partial charge in [0.15, 0.2) is 0 Å². The minimum Gasteiger partial charge on any atom is -0.399 e. The minimum atomic E-state index is 0.460. The maximum atomic E-state index is 8.78. The molecule has 0 unspecified atom stereocenters. The molecule has 2 rings (SSSR count). The van der Waals surface area contributed by atoms with Crippen LogP contribution in [0.15, 0.2) is 53.9 Å². The summed E-state index contributed by atoms with van der Waals surface area (Å²) >= 11 is 0. The molecule has 0 aromatic carbocycles. The molecule has 0 radical (unpaired) electrons. The summed E-state index contributed by atoms with van der Waals surface area (Å²) < 4.78 is 0. The molecule has 0 atom stereocenters. The van der Waals surface area contributed by atoms with Gasteiger partial charge >= 0.3 is 0 Å². The average Bonchev–Trinajstić information content (AvgIpc) is 2.55. The van der Waals surface area contributed by atoms with Crippen LogP contribution in [0.4, 0.5) is 0 Å². The number of nitrogens with two attached hydrogens (primary N) is 1.